The summed E-state index contributed by atoms with van der Waals surface area (Å²) in [5.74, 6) is 0.693. The topological polar surface area (TPSA) is 29.5 Å². The van der Waals surface area contributed by atoms with Crippen LogP contribution in [0.25, 0.3) is 0 Å². The smallest absolute Gasteiger partial charge is 0.410 e. The molecule has 0 N–H and O–H groups in total. The molecule has 2 fully saturated rings. The Labute approximate surface area is 133 Å². The molecular formula is C19H27NO2. The molecule has 1 saturated heterocycles. The van der Waals surface area contributed by atoms with Crippen LogP contribution in [0.4, 0.5) is 4.79 Å². The summed E-state index contributed by atoms with van der Waals surface area (Å²) < 4.78 is 5.58. The van der Waals surface area contributed by atoms with Crippen LogP contribution in [0.15, 0.2) is 30.3 Å². The molecule has 1 heterocycles. The van der Waals surface area contributed by atoms with E-state index in [1.807, 2.05) is 35.2 Å². The second-order valence-electron chi connectivity index (χ2n) is 6.69. The van der Waals surface area contributed by atoms with E-state index in [4.69, 9.17) is 4.74 Å². The summed E-state index contributed by atoms with van der Waals surface area (Å²) in [7, 11) is 0. The van der Waals surface area contributed by atoms with Gasteiger partial charge in [-0.15, -0.1) is 0 Å². The first-order chi connectivity index (χ1) is 10.8. The van der Waals surface area contributed by atoms with Crippen LogP contribution in [0.5, 0.6) is 0 Å². The van der Waals surface area contributed by atoms with E-state index in [0.717, 1.165) is 24.9 Å². The number of hydrogen-bond acceptors (Lipinski definition) is 2. The minimum absolute atomic E-state index is 0.112. The van der Waals surface area contributed by atoms with Crippen molar-refractivity contribution < 1.29 is 9.53 Å². The van der Waals surface area contributed by atoms with E-state index < -0.39 is 0 Å². The summed E-state index contributed by atoms with van der Waals surface area (Å²) in [6.45, 7) is 1.25. The zero-order valence-electron chi connectivity index (χ0n) is 13.4. The monoisotopic (exact) mass is 301 g/mol. The molecule has 2 aliphatic rings. The van der Waals surface area contributed by atoms with Gasteiger partial charge in [-0.25, -0.2) is 4.79 Å². The second-order valence-corrected chi connectivity index (χ2v) is 6.69. The minimum atomic E-state index is -0.112. The lowest BCUT2D eigenvalue weighted by Gasteiger charge is -2.41. The van der Waals surface area contributed by atoms with Gasteiger partial charge in [-0.2, -0.15) is 0 Å². The fraction of sp³-hybridized carbons (Fsp3) is 0.632. The summed E-state index contributed by atoms with van der Waals surface area (Å²) in [4.78, 5) is 14.6. The number of benzene rings is 1. The van der Waals surface area contributed by atoms with E-state index in [9.17, 15) is 4.79 Å². The standard InChI is InChI=1S/C19H27NO2/c21-19(22-15-16-9-3-1-4-10-16)20-14-8-7-13-18(20)17-11-5-2-6-12-17/h1,3-4,9-10,17-18H,2,5-8,11-15H2/t18-/m0/s1. The second kappa shape index (κ2) is 7.66. The van der Waals surface area contributed by atoms with E-state index in [1.54, 1.807) is 0 Å². The number of piperidine rings is 1. The molecule has 0 aromatic heterocycles. The third-order valence-corrected chi connectivity index (χ3v) is 5.18. The Balaban J connectivity index is 1.58. The molecule has 1 saturated carbocycles. The Hall–Kier alpha value is -1.51. The summed E-state index contributed by atoms with van der Waals surface area (Å²) >= 11 is 0. The number of hydrogen-bond donors (Lipinski definition) is 0. The van der Waals surface area contributed by atoms with E-state index in [-0.39, 0.29) is 6.09 Å². The van der Waals surface area contributed by atoms with Crippen LogP contribution in [-0.4, -0.2) is 23.6 Å². The highest BCUT2D eigenvalue weighted by Crippen LogP contribution is 2.34. The van der Waals surface area contributed by atoms with Crippen molar-refractivity contribution in [3.05, 3.63) is 35.9 Å². The summed E-state index contributed by atoms with van der Waals surface area (Å²) in [6, 6.07) is 10.4. The predicted molar refractivity (Wildman–Crippen MR) is 87.5 cm³/mol. The molecule has 1 atom stereocenters. The molecule has 3 nitrogen and oxygen atoms in total. The van der Waals surface area contributed by atoms with E-state index in [0.29, 0.717) is 18.6 Å². The van der Waals surface area contributed by atoms with Crippen LogP contribution in [0.2, 0.25) is 0 Å². The van der Waals surface area contributed by atoms with Gasteiger partial charge in [0.15, 0.2) is 0 Å². The molecule has 1 aliphatic carbocycles. The fourth-order valence-electron chi connectivity index (χ4n) is 4.00. The first-order valence-corrected chi connectivity index (χ1v) is 8.82. The quantitative estimate of drug-likeness (QED) is 0.805. The molecule has 3 rings (SSSR count). The average molecular weight is 301 g/mol. The van der Waals surface area contributed by atoms with E-state index >= 15 is 0 Å². The zero-order chi connectivity index (χ0) is 15.2. The summed E-state index contributed by atoms with van der Waals surface area (Å²) in [5, 5.41) is 0. The number of rotatable bonds is 3. The number of likely N-dealkylation sites (tertiary alicyclic amines) is 1. The van der Waals surface area contributed by atoms with Crippen molar-refractivity contribution in [2.45, 2.75) is 64.0 Å². The van der Waals surface area contributed by atoms with Crippen LogP contribution in [-0.2, 0) is 11.3 Å². The fourth-order valence-corrected chi connectivity index (χ4v) is 4.00. The molecule has 3 heteroatoms. The van der Waals surface area contributed by atoms with Gasteiger partial charge in [-0.1, -0.05) is 49.6 Å². The number of ether oxygens (including phenoxy) is 1. The number of amides is 1. The summed E-state index contributed by atoms with van der Waals surface area (Å²) in [5.41, 5.74) is 1.06. The predicted octanol–water partition coefficient (Wildman–Crippen LogP) is 4.76. The highest BCUT2D eigenvalue weighted by molar-refractivity contribution is 5.68. The SMILES string of the molecule is O=C(OCc1ccccc1)N1CCCC[C@H]1C1CCCCC1. The molecule has 0 bridgehead atoms. The summed E-state index contributed by atoms with van der Waals surface area (Å²) in [6.07, 6.45) is 10.0. The van der Waals surface area contributed by atoms with Crippen LogP contribution in [0, 0.1) is 5.92 Å². The molecular weight excluding hydrogens is 274 g/mol. The maximum atomic E-state index is 12.5. The highest BCUT2D eigenvalue weighted by Gasteiger charge is 2.34. The van der Waals surface area contributed by atoms with Gasteiger partial charge in [0.1, 0.15) is 6.61 Å². The normalized spacial score (nSPS) is 23.3. The Morgan fingerprint density at radius 1 is 1.00 bits per heavy atom. The largest absolute Gasteiger partial charge is 0.445 e. The molecule has 1 aromatic rings. The third kappa shape index (κ3) is 3.82. The van der Waals surface area contributed by atoms with Crippen molar-refractivity contribution in [2.75, 3.05) is 6.54 Å². The van der Waals surface area contributed by atoms with Crippen LogP contribution >= 0.6 is 0 Å². The van der Waals surface area contributed by atoms with Gasteiger partial charge < -0.3 is 9.64 Å². The van der Waals surface area contributed by atoms with Crippen molar-refractivity contribution in [2.24, 2.45) is 5.92 Å². The van der Waals surface area contributed by atoms with Crippen LogP contribution < -0.4 is 0 Å². The molecule has 22 heavy (non-hydrogen) atoms. The van der Waals surface area contributed by atoms with Gasteiger partial charge in [-0.3, -0.25) is 0 Å². The lowest BCUT2D eigenvalue weighted by atomic mass is 9.80. The van der Waals surface area contributed by atoms with Crippen LogP contribution in [0.1, 0.15) is 56.9 Å². The average Bonchev–Trinajstić information content (AvgIpc) is 2.61. The van der Waals surface area contributed by atoms with Gasteiger partial charge in [0.2, 0.25) is 0 Å². The third-order valence-electron chi connectivity index (χ3n) is 5.18. The number of carbonyl (C=O) groups is 1. The lowest BCUT2D eigenvalue weighted by Crippen LogP contribution is -2.48. The Kier molecular flexibility index (Phi) is 5.36. The Morgan fingerprint density at radius 3 is 2.50 bits per heavy atom. The highest BCUT2D eigenvalue weighted by atomic mass is 16.6. The van der Waals surface area contributed by atoms with E-state index in [1.165, 1.54) is 38.5 Å². The first kappa shape index (κ1) is 15.4. The maximum Gasteiger partial charge on any atom is 0.410 e. The van der Waals surface area contributed by atoms with Crippen molar-refractivity contribution >= 4 is 6.09 Å². The molecule has 0 unspecified atom stereocenters. The minimum Gasteiger partial charge on any atom is -0.445 e. The van der Waals surface area contributed by atoms with E-state index in [2.05, 4.69) is 0 Å². The van der Waals surface area contributed by atoms with Crippen LogP contribution in [0.3, 0.4) is 0 Å². The molecule has 120 valence electrons. The van der Waals surface area contributed by atoms with Crippen molar-refractivity contribution in [1.29, 1.82) is 0 Å². The maximum absolute atomic E-state index is 12.5. The van der Waals surface area contributed by atoms with Crippen molar-refractivity contribution in [3.8, 4) is 0 Å². The Morgan fingerprint density at radius 2 is 1.73 bits per heavy atom. The van der Waals surface area contributed by atoms with Gasteiger partial charge in [0.25, 0.3) is 0 Å². The zero-order valence-corrected chi connectivity index (χ0v) is 13.4. The van der Waals surface area contributed by atoms with Crippen molar-refractivity contribution in [1.82, 2.24) is 4.90 Å². The van der Waals surface area contributed by atoms with Gasteiger partial charge >= 0.3 is 6.09 Å². The van der Waals surface area contributed by atoms with Crippen molar-refractivity contribution in [3.63, 3.8) is 0 Å². The Bertz CT molecular complexity index is 468. The van der Waals surface area contributed by atoms with Gasteiger partial charge in [-0.05, 0) is 43.6 Å². The molecule has 1 amide bonds. The molecule has 1 aliphatic heterocycles. The number of carbonyl (C=O) groups excluding carboxylic acids is 1. The van der Waals surface area contributed by atoms with Gasteiger partial charge in [0, 0.05) is 12.6 Å². The lowest BCUT2D eigenvalue weighted by molar-refractivity contribution is 0.0445. The molecule has 1 aromatic carbocycles. The molecule has 0 spiro atoms. The van der Waals surface area contributed by atoms with Gasteiger partial charge in [0.05, 0.1) is 0 Å². The molecule has 0 radical (unpaired) electrons. The first-order valence-electron chi connectivity index (χ1n) is 8.82. The number of nitrogens with zero attached hydrogens (tertiary/aromatic N) is 1.